The number of nitriles is 1. The van der Waals surface area contributed by atoms with Gasteiger partial charge < -0.3 is 4.74 Å². The lowest BCUT2D eigenvalue weighted by atomic mass is 10.2. The molecule has 0 aliphatic carbocycles. The molecule has 1 aromatic rings. The Labute approximate surface area is 75.7 Å². The molecule has 0 radical (unpaired) electrons. The minimum atomic E-state index is -0.429. The van der Waals surface area contributed by atoms with Crippen molar-refractivity contribution < 1.29 is 9.53 Å². The molecule has 1 rings (SSSR count). The first-order valence-electron chi connectivity index (χ1n) is 3.61. The second-order valence-corrected chi connectivity index (χ2v) is 2.30. The van der Waals surface area contributed by atoms with Gasteiger partial charge in [0.15, 0.2) is 6.19 Å². The molecule has 0 aliphatic heterocycles. The number of methoxy groups -OCH3 is 1. The molecule has 0 fully saturated rings. The van der Waals surface area contributed by atoms with E-state index in [2.05, 4.69) is 0 Å². The summed E-state index contributed by atoms with van der Waals surface area (Å²) < 4.78 is 4.92. The van der Waals surface area contributed by atoms with Crippen LogP contribution in [0.1, 0.15) is 10.4 Å². The predicted molar refractivity (Wildman–Crippen MR) is 46.1 cm³/mol. The summed E-state index contributed by atoms with van der Waals surface area (Å²) in [6.45, 7) is 0. The highest BCUT2D eigenvalue weighted by Crippen LogP contribution is 2.11. The molecule has 0 aliphatic rings. The van der Waals surface area contributed by atoms with Gasteiger partial charge in [-0.15, -0.1) is 0 Å². The van der Waals surface area contributed by atoms with Crippen LogP contribution in [-0.2, 0) is 0 Å². The second kappa shape index (κ2) is 4.12. The maximum Gasteiger partial charge on any atom is 0.264 e. The van der Waals surface area contributed by atoms with Crippen LogP contribution in [0.4, 0.5) is 0 Å². The Morgan fingerprint density at radius 1 is 1.62 bits per heavy atom. The molecule has 0 unspecified atom stereocenters. The van der Waals surface area contributed by atoms with E-state index in [1.807, 2.05) is 5.32 Å². The van der Waals surface area contributed by atoms with Crippen LogP contribution in [0.25, 0.3) is 0 Å². The highest BCUT2D eigenvalue weighted by molar-refractivity contribution is 5.95. The molecule has 13 heavy (non-hydrogen) atoms. The molecule has 0 saturated heterocycles. The van der Waals surface area contributed by atoms with Crippen LogP contribution in [0.15, 0.2) is 24.3 Å². The van der Waals surface area contributed by atoms with E-state index in [-0.39, 0.29) is 0 Å². The molecular formula is C9H8N2O2. The average Bonchev–Trinajstić information content (AvgIpc) is 2.18. The number of rotatable bonds is 2. The number of nitrogens with zero attached hydrogens (tertiary/aromatic N) is 1. The van der Waals surface area contributed by atoms with Gasteiger partial charge in [0.05, 0.1) is 7.11 Å². The number of carbonyl (C=O) groups excluding carboxylic acids is 1. The fourth-order valence-corrected chi connectivity index (χ4v) is 0.887. The van der Waals surface area contributed by atoms with Crippen molar-refractivity contribution in [2.75, 3.05) is 7.11 Å². The van der Waals surface area contributed by atoms with Crippen LogP contribution in [0, 0.1) is 11.5 Å². The summed E-state index contributed by atoms with van der Waals surface area (Å²) in [5, 5.41) is 10.2. The topological polar surface area (TPSA) is 62.1 Å². The van der Waals surface area contributed by atoms with E-state index in [1.165, 1.54) is 7.11 Å². The van der Waals surface area contributed by atoms with Gasteiger partial charge in [-0.05, 0) is 18.2 Å². The van der Waals surface area contributed by atoms with Crippen molar-refractivity contribution >= 4 is 5.91 Å². The number of carbonyl (C=O) groups is 1. The normalized spacial score (nSPS) is 8.62. The van der Waals surface area contributed by atoms with E-state index in [1.54, 1.807) is 30.5 Å². The van der Waals surface area contributed by atoms with Crippen molar-refractivity contribution in [3.63, 3.8) is 0 Å². The Morgan fingerprint density at radius 3 is 3.00 bits per heavy atom. The summed E-state index contributed by atoms with van der Waals surface area (Å²) in [5.74, 6) is 0.159. The van der Waals surface area contributed by atoms with E-state index in [0.717, 1.165) is 0 Å². The summed E-state index contributed by atoms with van der Waals surface area (Å²) in [6, 6.07) is 6.58. The van der Waals surface area contributed by atoms with Gasteiger partial charge in [0.25, 0.3) is 5.91 Å². The van der Waals surface area contributed by atoms with Gasteiger partial charge in [0, 0.05) is 5.56 Å². The molecule has 0 atom stereocenters. The summed E-state index contributed by atoms with van der Waals surface area (Å²) in [6.07, 6.45) is 1.56. The Kier molecular flexibility index (Phi) is 2.87. The zero-order chi connectivity index (χ0) is 9.68. The Bertz CT molecular complexity index is 355. The van der Waals surface area contributed by atoms with E-state index in [0.29, 0.717) is 11.3 Å². The van der Waals surface area contributed by atoms with Crippen LogP contribution >= 0.6 is 0 Å². The van der Waals surface area contributed by atoms with Crippen molar-refractivity contribution in [3.8, 4) is 11.9 Å². The Hall–Kier alpha value is -2.02. The molecule has 4 heteroatoms. The minimum absolute atomic E-state index is 0.404. The van der Waals surface area contributed by atoms with Crippen molar-refractivity contribution in [3.05, 3.63) is 29.8 Å². The van der Waals surface area contributed by atoms with Gasteiger partial charge in [-0.1, -0.05) is 6.07 Å². The van der Waals surface area contributed by atoms with Crippen LogP contribution in [0.5, 0.6) is 5.75 Å². The highest BCUT2D eigenvalue weighted by Gasteiger charge is 2.04. The zero-order valence-corrected chi connectivity index (χ0v) is 7.07. The molecule has 1 aromatic carbocycles. The number of nitrogens with one attached hydrogen (secondary N) is 1. The second-order valence-electron chi connectivity index (χ2n) is 2.30. The Balaban J connectivity index is 2.89. The molecule has 0 saturated carbocycles. The summed E-state index contributed by atoms with van der Waals surface area (Å²) in [4.78, 5) is 11.1. The lowest BCUT2D eigenvalue weighted by Crippen LogP contribution is -2.17. The predicted octanol–water partition coefficient (Wildman–Crippen LogP) is 0.906. The third kappa shape index (κ3) is 2.20. The number of ether oxygens (including phenoxy) is 1. The summed E-state index contributed by atoms with van der Waals surface area (Å²) >= 11 is 0. The number of amides is 1. The quantitative estimate of drug-likeness (QED) is 0.538. The fourth-order valence-electron chi connectivity index (χ4n) is 0.887. The van der Waals surface area contributed by atoms with Gasteiger partial charge in [0.2, 0.25) is 0 Å². The molecule has 0 aromatic heterocycles. The van der Waals surface area contributed by atoms with Crippen LogP contribution in [0.3, 0.4) is 0 Å². The minimum Gasteiger partial charge on any atom is -0.497 e. The molecule has 0 heterocycles. The molecule has 0 bridgehead atoms. The molecule has 0 spiro atoms. The number of hydrogen-bond acceptors (Lipinski definition) is 3. The highest BCUT2D eigenvalue weighted by atomic mass is 16.5. The lowest BCUT2D eigenvalue weighted by molar-refractivity contribution is 0.0972. The van der Waals surface area contributed by atoms with Crippen molar-refractivity contribution in [2.24, 2.45) is 0 Å². The van der Waals surface area contributed by atoms with E-state index in [4.69, 9.17) is 10.00 Å². The third-order valence-electron chi connectivity index (χ3n) is 1.50. The standard InChI is InChI=1S/C9H8N2O2/c1-13-8-4-2-3-7(5-8)9(12)11-6-10/h2-5H,1H3,(H,11,12). The van der Waals surface area contributed by atoms with Gasteiger partial charge in [0.1, 0.15) is 5.75 Å². The van der Waals surface area contributed by atoms with E-state index in [9.17, 15) is 4.79 Å². The van der Waals surface area contributed by atoms with Crippen molar-refractivity contribution in [1.82, 2.24) is 5.32 Å². The summed E-state index contributed by atoms with van der Waals surface area (Å²) in [5.41, 5.74) is 0.404. The monoisotopic (exact) mass is 176 g/mol. The first-order chi connectivity index (χ1) is 6.27. The lowest BCUT2D eigenvalue weighted by Gasteiger charge is -2.01. The number of hydrogen-bond donors (Lipinski definition) is 1. The number of benzene rings is 1. The van der Waals surface area contributed by atoms with Gasteiger partial charge in [-0.3, -0.25) is 10.1 Å². The van der Waals surface area contributed by atoms with Crippen LogP contribution in [-0.4, -0.2) is 13.0 Å². The zero-order valence-electron chi connectivity index (χ0n) is 7.07. The molecule has 4 nitrogen and oxygen atoms in total. The molecule has 66 valence electrons. The molecule has 1 N–H and O–H groups in total. The maximum atomic E-state index is 11.1. The van der Waals surface area contributed by atoms with E-state index >= 15 is 0 Å². The molecule has 1 amide bonds. The van der Waals surface area contributed by atoms with Crippen LogP contribution < -0.4 is 10.1 Å². The van der Waals surface area contributed by atoms with Gasteiger partial charge in [-0.2, -0.15) is 5.26 Å². The van der Waals surface area contributed by atoms with Crippen LogP contribution in [0.2, 0.25) is 0 Å². The first-order valence-corrected chi connectivity index (χ1v) is 3.61. The molecular weight excluding hydrogens is 168 g/mol. The van der Waals surface area contributed by atoms with Crippen molar-refractivity contribution in [2.45, 2.75) is 0 Å². The van der Waals surface area contributed by atoms with Crippen molar-refractivity contribution in [1.29, 1.82) is 5.26 Å². The Morgan fingerprint density at radius 2 is 2.38 bits per heavy atom. The fraction of sp³-hybridized carbons (Fsp3) is 0.111. The first kappa shape index (κ1) is 9.07. The van der Waals surface area contributed by atoms with Gasteiger partial charge >= 0.3 is 0 Å². The largest absolute Gasteiger partial charge is 0.497 e. The maximum absolute atomic E-state index is 11.1. The SMILES string of the molecule is COc1cccc(C(=O)NC#N)c1. The van der Waals surface area contributed by atoms with E-state index < -0.39 is 5.91 Å². The average molecular weight is 176 g/mol. The summed E-state index contributed by atoms with van der Waals surface area (Å²) in [7, 11) is 1.52. The van der Waals surface area contributed by atoms with Gasteiger partial charge in [-0.25, -0.2) is 0 Å². The third-order valence-corrected chi connectivity index (χ3v) is 1.50. The smallest absolute Gasteiger partial charge is 0.264 e.